The number of aromatic nitrogens is 4. The van der Waals surface area contributed by atoms with Gasteiger partial charge >= 0.3 is 0 Å². The Morgan fingerprint density at radius 2 is 1.36 bits per heavy atom. The molecule has 0 amide bonds. The van der Waals surface area contributed by atoms with E-state index in [0.717, 1.165) is 50.7 Å². The molecule has 1 aliphatic rings. The molecule has 28 heavy (non-hydrogen) atoms. The third kappa shape index (κ3) is 5.34. The number of halogens is 2. The minimum absolute atomic E-state index is 0. The maximum absolute atomic E-state index is 13.1. The second kappa shape index (κ2) is 9.73. The molecule has 2 aromatic carbocycles. The van der Waals surface area contributed by atoms with E-state index in [1.165, 1.54) is 17.7 Å². The molecular formula is C20H24ClFN6. The third-order valence-corrected chi connectivity index (χ3v) is 4.93. The van der Waals surface area contributed by atoms with Crippen LogP contribution in [-0.2, 0) is 19.6 Å². The molecule has 0 unspecified atom stereocenters. The predicted octanol–water partition coefficient (Wildman–Crippen LogP) is 2.60. The fourth-order valence-electron chi connectivity index (χ4n) is 3.37. The quantitative estimate of drug-likeness (QED) is 0.634. The highest BCUT2D eigenvalue weighted by atomic mass is 35.5. The molecule has 0 spiro atoms. The molecule has 6 nitrogen and oxygen atoms in total. The van der Waals surface area contributed by atoms with Crippen LogP contribution in [0.1, 0.15) is 17.0 Å². The van der Waals surface area contributed by atoms with Gasteiger partial charge in [0, 0.05) is 32.7 Å². The van der Waals surface area contributed by atoms with E-state index >= 15 is 0 Å². The van der Waals surface area contributed by atoms with E-state index in [9.17, 15) is 4.39 Å². The molecule has 8 heteroatoms. The van der Waals surface area contributed by atoms with Crippen LogP contribution in [0.4, 0.5) is 4.39 Å². The molecule has 1 aromatic heterocycles. The zero-order valence-corrected chi connectivity index (χ0v) is 16.4. The maximum atomic E-state index is 13.1. The van der Waals surface area contributed by atoms with Crippen LogP contribution in [0.3, 0.4) is 0 Å². The summed E-state index contributed by atoms with van der Waals surface area (Å²) in [7, 11) is 0. The number of nitrogens with zero attached hydrogens (tertiary/aromatic N) is 6. The molecule has 0 atom stereocenters. The van der Waals surface area contributed by atoms with E-state index in [1.807, 2.05) is 0 Å². The van der Waals surface area contributed by atoms with Crippen molar-refractivity contribution in [1.29, 1.82) is 0 Å². The topological polar surface area (TPSA) is 50.1 Å². The van der Waals surface area contributed by atoms with Crippen molar-refractivity contribution in [2.24, 2.45) is 0 Å². The minimum atomic E-state index is -0.232. The average Bonchev–Trinajstić information content (AvgIpc) is 3.13. The number of tetrazole rings is 1. The molecule has 0 radical (unpaired) electrons. The first kappa shape index (κ1) is 20.4. The van der Waals surface area contributed by atoms with Gasteiger partial charge < -0.3 is 0 Å². The van der Waals surface area contributed by atoms with Crippen LogP contribution in [0.25, 0.3) is 0 Å². The van der Waals surface area contributed by atoms with Crippen molar-refractivity contribution in [1.82, 2.24) is 30.0 Å². The third-order valence-electron chi connectivity index (χ3n) is 4.93. The second-order valence-corrected chi connectivity index (χ2v) is 6.92. The van der Waals surface area contributed by atoms with Crippen LogP contribution in [-0.4, -0.2) is 56.2 Å². The molecule has 1 fully saturated rings. The first-order valence-corrected chi connectivity index (χ1v) is 9.24. The molecule has 0 aliphatic carbocycles. The summed E-state index contributed by atoms with van der Waals surface area (Å²) in [5, 5.41) is 12.1. The highest BCUT2D eigenvalue weighted by molar-refractivity contribution is 5.85. The maximum Gasteiger partial charge on any atom is 0.165 e. The molecule has 148 valence electrons. The number of benzene rings is 2. The van der Waals surface area contributed by atoms with Gasteiger partial charge in [-0.3, -0.25) is 9.80 Å². The second-order valence-electron chi connectivity index (χ2n) is 6.92. The van der Waals surface area contributed by atoms with Crippen molar-refractivity contribution < 1.29 is 4.39 Å². The Balaban J connectivity index is 0.00000225. The summed E-state index contributed by atoms with van der Waals surface area (Å²) >= 11 is 0. The van der Waals surface area contributed by atoms with Gasteiger partial charge in [0.25, 0.3) is 0 Å². The highest BCUT2D eigenvalue weighted by Crippen LogP contribution is 2.11. The highest BCUT2D eigenvalue weighted by Gasteiger charge is 2.19. The standard InChI is InChI=1S/C20H23FN6.ClH/c21-19-8-6-18(7-9-19)15-27-20(22-23-24-27)16-26-12-10-25(11-13-26)14-17-4-2-1-3-5-17;/h1-9H,10-16H2;1H. The molecule has 4 rings (SSSR count). The van der Waals surface area contributed by atoms with Crippen LogP contribution < -0.4 is 0 Å². The number of rotatable bonds is 6. The number of hydrogen-bond acceptors (Lipinski definition) is 5. The van der Waals surface area contributed by atoms with Crippen LogP contribution in [0.5, 0.6) is 0 Å². The average molecular weight is 403 g/mol. The summed E-state index contributed by atoms with van der Waals surface area (Å²) < 4.78 is 14.9. The van der Waals surface area contributed by atoms with E-state index in [4.69, 9.17) is 0 Å². The largest absolute Gasteiger partial charge is 0.297 e. The van der Waals surface area contributed by atoms with Crippen LogP contribution >= 0.6 is 12.4 Å². The van der Waals surface area contributed by atoms with Gasteiger partial charge in [0.15, 0.2) is 5.82 Å². The number of piperazine rings is 1. The number of hydrogen-bond donors (Lipinski definition) is 0. The first-order chi connectivity index (χ1) is 13.3. The Morgan fingerprint density at radius 3 is 2.04 bits per heavy atom. The van der Waals surface area contributed by atoms with Gasteiger partial charge in [-0.15, -0.1) is 17.5 Å². The van der Waals surface area contributed by atoms with E-state index in [0.29, 0.717) is 6.54 Å². The smallest absolute Gasteiger partial charge is 0.165 e. The van der Waals surface area contributed by atoms with Crippen molar-refractivity contribution in [3.05, 3.63) is 77.4 Å². The Labute approximate surface area is 170 Å². The Kier molecular flexibility index (Phi) is 7.08. The van der Waals surface area contributed by atoms with E-state index < -0.39 is 0 Å². The van der Waals surface area contributed by atoms with Crippen LogP contribution in [0.15, 0.2) is 54.6 Å². The summed E-state index contributed by atoms with van der Waals surface area (Å²) in [6, 6.07) is 17.0. The van der Waals surface area contributed by atoms with Gasteiger partial charge in [0.1, 0.15) is 5.82 Å². The summed E-state index contributed by atoms with van der Waals surface area (Å²) in [5.41, 5.74) is 2.34. The Hall–Kier alpha value is -2.35. The van der Waals surface area contributed by atoms with Gasteiger partial charge in [-0.25, -0.2) is 9.07 Å². The molecule has 2 heterocycles. The Morgan fingerprint density at radius 1 is 0.750 bits per heavy atom. The van der Waals surface area contributed by atoms with E-state index in [1.54, 1.807) is 16.8 Å². The normalized spacial score (nSPS) is 15.3. The molecule has 3 aromatic rings. The van der Waals surface area contributed by atoms with Gasteiger partial charge in [0.05, 0.1) is 13.1 Å². The molecular weight excluding hydrogens is 379 g/mol. The van der Waals surface area contributed by atoms with Crippen molar-refractivity contribution in [2.75, 3.05) is 26.2 Å². The zero-order chi connectivity index (χ0) is 18.5. The molecule has 1 saturated heterocycles. The predicted molar refractivity (Wildman–Crippen MR) is 108 cm³/mol. The Bertz CT molecular complexity index is 847. The van der Waals surface area contributed by atoms with Crippen LogP contribution in [0, 0.1) is 5.82 Å². The van der Waals surface area contributed by atoms with E-state index in [-0.39, 0.29) is 18.2 Å². The lowest BCUT2D eigenvalue weighted by atomic mass is 10.2. The lowest BCUT2D eigenvalue weighted by Crippen LogP contribution is -2.45. The van der Waals surface area contributed by atoms with Crippen LogP contribution in [0.2, 0.25) is 0 Å². The SMILES string of the molecule is Cl.Fc1ccc(Cn2nnnc2CN2CCN(Cc3ccccc3)CC2)cc1. The first-order valence-electron chi connectivity index (χ1n) is 9.24. The zero-order valence-electron chi connectivity index (χ0n) is 15.6. The van der Waals surface area contributed by atoms with Crippen molar-refractivity contribution in [2.45, 2.75) is 19.6 Å². The van der Waals surface area contributed by atoms with E-state index in [2.05, 4.69) is 55.7 Å². The molecule has 0 bridgehead atoms. The van der Waals surface area contributed by atoms with Gasteiger partial charge in [-0.2, -0.15) is 0 Å². The summed E-state index contributed by atoms with van der Waals surface area (Å²) in [6.45, 7) is 6.34. The summed E-state index contributed by atoms with van der Waals surface area (Å²) in [5.74, 6) is 0.611. The summed E-state index contributed by atoms with van der Waals surface area (Å²) in [4.78, 5) is 4.86. The monoisotopic (exact) mass is 402 g/mol. The fraction of sp³-hybridized carbons (Fsp3) is 0.350. The van der Waals surface area contributed by atoms with Crippen molar-refractivity contribution in [3.63, 3.8) is 0 Å². The van der Waals surface area contributed by atoms with Gasteiger partial charge in [0.2, 0.25) is 0 Å². The fourth-order valence-corrected chi connectivity index (χ4v) is 3.37. The van der Waals surface area contributed by atoms with Gasteiger partial charge in [-0.05, 0) is 33.7 Å². The molecule has 1 aliphatic heterocycles. The lowest BCUT2D eigenvalue weighted by Gasteiger charge is -2.34. The molecule has 0 N–H and O–H groups in total. The summed E-state index contributed by atoms with van der Waals surface area (Å²) in [6.07, 6.45) is 0. The molecule has 0 saturated carbocycles. The van der Waals surface area contributed by atoms with Crippen molar-refractivity contribution in [3.8, 4) is 0 Å². The van der Waals surface area contributed by atoms with Gasteiger partial charge in [-0.1, -0.05) is 42.5 Å². The minimum Gasteiger partial charge on any atom is -0.297 e. The van der Waals surface area contributed by atoms with Crippen molar-refractivity contribution >= 4 is 12.4 Å². The lowest BCUT2D eigenvalue weighted by molar-refractivity contribution is 0.118.